The van der Waals surface area contributed by atoms with Gasteiger partial charge in [0.1, 0.15) is 0 Å². The lowest BCUT2D eigenvalue weighted by Gasteiger charge is -2.17. The summed E-state index contributed by atoms with van der Waals surface area (Å²) in [5.41, 5.74) is 0. The van der Waals surface area contributed by atoms with Gasteiger partial charge in [0.05, 0.1) is 19.8 Å². The first kappa shape index (κ1) is 16.5. The Hall–Kier alpha value is -0.910. The highest BCUT2D eigenvalue weighted by Gasteiger charge is 2.12. The van der Waals surface area contributed by atoms with Gasteiger partial charge in [0.15, 0.2) is 11.5 Å². The largest absolute Gasteiger partial charge is 0.490 e. The molecule has 0 aromatic heterocycles. The lowest BCUT2D eigenvalue weighted by atomic mass is 10.3. The fourth-order valence-electron chi connectivity index (χ4n) is 2.15. The van der Waals surface area contributed by atoms with Crippen LogP contribution in [0, 0.1) is 0 Å². The van der Waals surface area contributed by atoms with Crippen LogP contribution in [0.4, 0.5) is 0 Å². The van der Waals surface area contributed by atoms with Crippen LogP contribution in [0.3, 0.4) is 0 Å². The van der Waals surface area contributed by atoms with Crippen molar-refractivity contribution in [3.63, 3.8) is 0 Å². The van der Waals surface area contributed by atoms with Gasteiger partial charge < -0.3 is 19.5 Å². The standard InChI is InChI=1S/C16H25NO3S/c1-3-7-17-13(11-18-2)12-21-14-5-6-15-16(10-14)20-9-4-8-19-15/h5-6,10,13,17H,3-4,7-9,11-12H2,1-2H3. The van der Waals surface area contributed by atoms with Crippen LogP contribution in [-0.4, -0.2) is 45.3 Å². The molecule has 0 radical (unpaired) electrons. The second-order valence-electron chi connectivity index (χ2n) is 5.08. The summed E-state index contributed by atoms with van der Waals surface area (Å²) in [7, 11) is 1.75. The number of fused-ring (bicyclic) bond motifs is 1. The third kappa shape index (κ3) is 5.41. The Kier molecular flexibility index (Phi) is 7.19. The summed E-state index contributed by atoms with van der Waals surface area (Å²) in [6, 6.07) is 6.56. The maximum absolute atomic E-state index is 5.73. The number of hydrogen-bond donors (Lipinski definition) is 1. The Labute approximate surface area is 131 Å². The minimum Gasteiger partial charge on any atom is -0.490 e. The van der Waals surface area contributed by atoms with Crippen LogP contribution >= 0.6 is 11.8 Å². The van der Waals surface area contributed by atoms with E-state index in [0.717, 1.165) is 56.5 Å². The predicted molar refractivity (Wildman–Crippen MR) is 86.7 cm³/mol. The SMILES string of the molecule is CCCNC(COC)CSc1ccc2c(c1)OCCCO2. The molecule has 1 atom stereocenters. The van der Waals surface area contributed by atoms with E-state index in [2.05, 4.69) is 24.4 Å². The lowest BCUT2D eigenvalue weighted by molar-refractivity contribution is 0.174. The van der Waals surface area contributed by atoms with Crippen molar-refractivity contribution >= 4 is 11.8 Å². The number of rotatable bonds is 8. The molecule has 2 rings (SSSR count). The van der Waals surface area contributed by atoms with E-state index in [-0.39, 0.29) is 0 Å². The summed E-state index contributed by atoms with van der Waals surface area (Å²) in [6.07, 6.45) is 2.07. The molecule has 1 aromatic rings. The average molecular weight is 311 g/mol. The molecule has 21 heavy (non-hydrogen) atoms. The lowest BCUT2D eigenvalue weighted by Crippen LogP contribution is -2.35. The molecule has 0 amide bonds. The van der Waals surface area contributed by atoms with E-state index in [4.69, 9.17) is 14.2 Å². The van der Waals surface area contributed by atoms with E-state index in [1.807, 2.05) is 17.8 Å². The first-order valence-corrected chi connectivity index (χ1v) is 8.56. The predicted octanol–water partition coefficient (Wildman–Crippen LogP) is 2.95. The highest BCUT2D eigenvalue weighted by molar-refractivity contribution is 7.99. The van der Waals surface area contributed by atoms with Crippen molar-refractivity contribution in [1.82, 2.24) is 5.32 Å². The Morgan fingerprint density at radius 2 is 2.10 bits per heavy atom. The second-order valence-corrected chi connectivity index (χ2v) is 6.17. The Morgan fingerprint density at radius 3 is 2.86 bits per heavy atom. The summed E-state index contributed by atoms with van der Waals surface area (Å²) in [4.78, 5) is 1.21. The number of methoxy groups -OCH3 is 1. The Balaban J connectivity index is 1.91. The summed E-state index contributed by atoms with van der Waals surface area (Å²) in [6.45, 7) is 5.39. The number of nitrogens with one attached hydrogen (secondary N) is 1. The van der Waals surface area contributed by atoms with E-state index < -0.39 is 0 Å². The van der Waals surface area contributed by atoms with Gasteiger partial charge in [-0.25, -0.2) is 0 Å². The number of thioether (sulfide) groups is 1. The molecule has 0 fully saturated rings. The average Bonchev–Trinajstić information content (AvgIpc) is 2.74. The number of benzene rings is 1. The molecule has 0 saturated carbocycles. The number of hydrogen-bond acceptors (Lipinski definition) is 5. The van der Waals surface area contributed by atoms with Crippen molar-refractivity contribution in [3.8, 4) is 11.5 Å². The van der Waals surface area contributed by atoms with Crippen LogP contribution in [-0.2, 0) is 4.74 Å². The molecule has 5 heteroatoms. The van der Waals surface area contributed by atoms with Crippen LogP contribution in [0.1, 0.15) is 19.8 Å². The molecule has 1 aromatic carbocycles. The van der Waals surface area contributed by atoms with E-state index in [1.165, 1.54) is 4.90 Å². The third-order valence-electron chi connectivity index (χ3n) is 3.22. The maximum atomic E-state index is 5.73. The van der Waals surface area contributed by atoms with Crippen LogP contribution in [0.15, 0.2) is 23.1 Å². The van der Waals surface area contributed by atoms with Crippen molar-refractivity contribution in [1.29, 1.82) is 0 Å². The van der Waals surface area contributed by atoms with Crippen molar-refractivity contribution in [2.75, 3.05) is 39.2 Å². The van der Waals surface area contributed by atoms with Crippen LogP contribution in [0.5, 0.6) is 11.5 Å². The first-order valence-electron chi connectivity index (χ1n) is 7.58. The monoisotopic (exact) mass is 311 g/mol. The van der Waals surface area contributed by atoms with Crippen LogP contribution in [0.25, 0.3) is 0 Å². The maximum Gasteiger partial charge on any atom is 0.162 e. The molecule has 1 unspecified atom stereocenters. The molecule has 118 valence electrons. The highest BCUT2D eigenvalue weighted by atomic mass is 32.2. The van der Waals surface area contributed by atoms with Crippen molar-refractivity contribution in [2.24, 2.45) is 0 Å². The second kappa shape index (κ2) is 9.18. The van der Waals surface area contributed by atoms with Gasteiger partial charge >= 0.3 is 0 Å². The molecule has 0 aliphatic carbocycles. The molecule has 1 heterocycles. The summed E-state index contributed by atoms with van der Waals surface area (Å²) in [5, 5.41) is 3.51. The zero-order valence-corrected chi connectivity index (χ0v) is 13.7. The molecule has 0 bridgehead atoms. The minimum absolute atomic E-state index is 0.371. The Bertz CT molecular complexity index is 428. The topological polar surface area (TPSA) is 39.7 Å². The van der Waals surface area contributed by atoms with Gasteiger partial charge in [-0.15, -0.1) is 11.8 Å². The van der Waals surface area contributed by atoms with Crippen molar-refractivity contribution < 1.29 is 14.2 Å². The van der Waals surface area contributed by atoms with Gasteiger partial charge in [-0.1, -0.05) is 6.92 Å². The molecular formula is C16H25NO3S. The zero-order valence-electron chi connectivity index (χ0n) is 12.9. The summed E-state index contributed by atoms with van der Waals surface area (Å²) >= 11 is 1.82. The zero-order chi connectivity index (χ0) is 14.9. The first-order chi connectivity index (χ1) is 10.3. The Morgan fingerprint density at radius 1 is 1.29 bits per heavy atom. The minimum atomic E-state index is 0.371. The van der Waals surface area contributed by atoms with Gasteiger partial charge in [-0.2, -0.15) is 0 Å². The molecule has 4 nitrogen and oxygen atoms in total. The van der Waals surface area contributed by atoms with Gasteiger partial charge in [0.2, 0.25) is 0 Å². The smallest absolute Gasteiger partial charge is 0.162 e. The van der Waals surface area contributed by atoms with Gasteiger partial charge in [0.25, 0.3) is 0 Å². The molecule has 1 N–H and O–H groups in total. The van der Waals surface area contributed by atoms with Gasteiger partial charge in [-0.3, -0.25) is 0 Å². The van der Waals surface area contributed by atoms with Crippen molar-refractivity contribution in [3.05, 3.63) is 18.2 Å². The molecule has 1 aliphatic rings. The van der Waals surface area contributed by atoms with Gasteiger partial charge in [-0.05, 0) is 31.2 Å². The summed E-state index contributed by atoms with van der Waals surface area (Å²) < 4.78 is 16.7. The van der Waals surface area contributed by atoms with Crippen LogP contribution in [0.2, 0.25) is 0 Å². The van der Waals surface area contributed by atoms with Crippen molar-refractivity contribution in [2.45, 2.75) is 30.7 Å². The van der Waals surface area contributed by atoms with E-state index in [1.54, 1.807) is 7.11 Å². The van der Waals surface area contributed by atoms with Gasteiger partial charge in [0, 0.05) is 30.2 Å². The summed E-state index contributed by atoms with van der Waals surface area (Å²) in [5.74, 6) is 2.70. The molecule has 0 spiro atoms. The molecular weight excluding hydrogens is 286 g/mol. The normalized spacial score (nSPS) is 15.5. The third-order valence-corrected chi connectivity index (χ3v) is 4.38. The number of ether oxygens (including phenoxy) is 3. The van der Waals surface area contributed by atoms with Crippen LogP contribution < -0.4 is 14.8 Å². The quantitative estimate of drug-likeness (QED) is 0.747. The van der Waals surface area contributed by atoms with E-state index in [0.29, 0.717) is 6.04 Å². The van der Waals surface area contributed by atoms with E-state index >= 15 is 0 Å². The fourth-order valence-corrected chi connectivity index (χ4v) is 3.11. The fraction of sp³-hybridized carbons (Fsp3) is 0.625. The van der Waals surface area contributed by atoms with E-state index in [9.17, 15) is 0 Å². The molecule has 1 aliphatic heterocycles. The highest BCUT2D eigenvalue weighted by Crippen LogP contribution is 2.34. The molecule has 0 saturated heterocycles.